The molecule has 5 aromatic heterocycles. The van der Waals surface area contributed by atoms with E-state index in [1.807, 2.05) is 92.1 Å². The Morgan fingerprint density at radius 1 is 0.436 bits per heavy atom. The van der Waals surface area contributed by atoms with Crippen LogP contribution in [-0.4, -0.2) is 43.2 Å². The van der Waals surface area contributed by atoms with Gasteiger partial charge in [-0.3, -0.25) is 9.13 Å². The first-order valence-corrected chi connectivity index (χ1v) is 18.0. The normalized spacial score (nSPS) is 11.5. The number of nitrogens with zero attached hydrogens (tertiary/aromatic N) is 7. The summed E-state index contributed by atoms with van der Waals surface area (Å²) >= 11 is 0. The molecule has 10 rings (SSSR count). The van der Waals surface area contributed by atoms with Crippen LogP contribution in [0.25, 0.3) is 66.6 Å². The van der Waals surface area contributed by atoms with Crippen LogP contribution < -0.4 is 14.4 Å². The monoisotopic (exact) mass is 715 g/mol. The number of ether oxygens (including phenoxy) is 2. The zero-order valence-electron chi connectivity index (χ0n) is 30.0. The zero-order chi connectivity index (χ0) is 36.9. The van der Waals surface area contributed by atoms with Gasteiger partial charge in [0.1, 0.15) is 28.8 Å². The zero-order valence-corrected chi connectivity index (χ0v) is 30.0. The Bertz CT molecular complexity index is 2830. The molecule has 5 heterocycles. The maximum absolute atomic E-state index is 6.87. The molecule has 0 aliphatic rings. The molecule has 9 nitrogen and oxygen atoms in total. The van der Waals surface area contributed by atoms with Crippen LogP contribution in [0.2, 0.25) is 0 Å². The van der Waals surface area contributed by atoms with Gasteiger partial charge in [0.15, 0.2) is 17.3 Å². The van der Waals surface area contributed by atoms with Gasteiger partial charge in [-0.1, -0.05) is 48.5 Å². The lowest BCUT2D eigenvalue weighted by atomic mass is 10.1. The summed E-state index contributed by atoms with van der Waals surface area (Å²) in [6, 6.07) is 46.8. The summed E-state index contributed by atoms with van der Waals surface area (Å²) in [6.07, 6.45) is 7.10. The largest absolute Gasteiger partial charge is 0.455 e. The summed E-state index contributed by atoms with van der Waals surface area (Å²) in [4.78, 5) is 20.6. The third-order valence-corrected chi connectivity index (χ3v) is 9.81. The molecule has 264 valence electrons. The Labute approximate surface area is 316 Å². The Kier molecular flexibility index (Phi) is 7.69. The summed E-state index contributed by atoms with van der Waals surface area (Å²) in [5, 5.41) is 4.49. The number of anilines is 1. The fourth-order valence-electron chi connectivity index (χ4n) is 7.50. The smallest absolute Gasteiger partial charge is 0.159 e. The van der Waals surface area contributed by atoms with Crippen LogP contribution in [0.3, 0.4) is 0 Å². The third kappa shape index (κ3) is 5.57. The second-order valence-corrected chi connectivity index (χ2v) is 13.4. The SMILES string of the molecule is CN(C)c1c(Oc2ccc3c4ccccc4n(-c4ccccn4)c3c2)cc(-c2ncccn2)cc1Oc1ccc2c3ccccc3n(-c3ccccn3)c2c1. The van der Waals surface area contributed by atoms with E-state index in [1.165, 1.54) is 0 Å². The molecule has 0 saturated carbocycles. The van der Waals surface area contributed by atoms with Crippen molar-refractivity contribution in [3.05, 3.63) is 164 Å². The average molecular weight is 716 g/mol. The van der Waals surface area contributed by atoms with Crippen LogP contribution in [0.1, 0.15) is 0 Å². The van der Waals surface area contributed by atoms with Crippen molar-refractivity contribution in [1.29, 1.82) is 0 Å². The van der Waals surface area contributed by atoms with Crippen LogP contribution in [0.4, 0.5) is 5.69 Å². The number of para-hydroxylation sites is 2. The van der Waals surface area contributed by atoms with E-state index < -0.39 is 0 Å². The average Bonchev–Trinajstić information content (AvgIpc) is 3.73. The molecule has 5 aromatic carbocycles. The van der Waals surface area contributed by atoms with Crippen molar-refractivity contribution < 1.29 is 9.47 Å². The maximum Gasteiger partial charge on any atom is 0.159 e. The minimum Gasteiger partial charge on any atom is -0.455 e. The molecule has 0 aliphatic heterocycles. The second-order valence-electron chi connectivity index (χ2n) is 13.4. The summed E-state index contributed by atoms with van der Waals surface area (Å²) in [5.74, 6) is 4.72. The molecule has 0 bridgehead atoms. The lowest BCUT2D eigenvalue weighted by Gasteiger charge is -2.23. The molecule has 0 spiro atoms. The third-order valence-electron chi connectivity index (χ3n) is 9.81. The van der Waals surface area contributed by atoms with E-state index in [0.717, 1.165) is 66.5 Å². The fraction of sp³-hybridized carbons (Fsp3) is 0.0435. The van der Waals surface area contributed by atoms with Crippen molar-refractivity contribution in [1.82, 2.24) is 29.1 Å². The first kappa shape index (κ1) is 32.2. The van der Waals surface area contributed by atoms with Gasteiger partial charge in [0, 0.05) is 78.1 Å². The highest BCUT2D eigenvalue weighted by Gasteiger charge is 2.21. The number of rotatable bonds is 8. The molecular formula is C46H33N7O2. The highest BCUT2D eigenvalue weighted by atomic mass is 16.5. The van der Waals surface area contributed by atoms with Crippen molar-refractivity contribution in [2.45, 2.75) is 0 Å². The van der Waals surface area contributed by atoms with Crippen LogP contribution in [-0.2, 0) is 0 Å². The second kappa shape index (κ2) is 13.2. The molecule has 10 aromatic rings. The lowest BCUT2D eigenvalue weighted by molar-refractivity contribution is 0.462. The van der Waals surface area contributed by atoms with Gasteiger partial charge < -0.3 is 14.4 Å². The van der Waals surface area contributed by atoms with E-state index in [0.29, 0.717) is 28.8 Å². The van der Waals surface area contributed by atoms with E-state index >= 15 is 0 Å². The fourth-order valence-corrected chi connectivity index (χ4v) is 7.50. The molecule has 0 atom stereocenters. The van der Waals surface area contributed by atoms with Gasteiger partial charge in [-0.15, -0.1) is 0 Å². The number of hydrogen-bond acceptors (Lipinski definition) is 7. The van der Waals surface area contributed by atoms with Crippen LogP contribution in [0, 0.1) is 0 Å². The Morgan fingerprint density at radius 3 is 1.36 bits per heavy atom. The van der Waals surface area contributed by atoms with Crippen LogP contribution in [0.5, 0.6) is 23.0 Å². The number of aromatic nitrogens is 6. The number of fused-ring (bicyclic) bond motifs is 6. The van der Waals surface area contributed by atoms with Crippen molar-refractivity contribution in [2.75, 3.05) is 19.0 Å². The first-order valence-electron chi connectivity index (χ1n) is 18.0. The number of benzene rings is 5. The highest BCUT2D eigenvalue weighted by molar-refractivity contribution is 6.10. The number of pyridine rings is 2. The summed E-state index contributed by atoms with van der Waals surface area (Å²) in [6.45, 7) is 0. The lowest BCUT2D eigenvalue weighted by Crippen LogP contribution is -2.12. The van der Waals surface area contributed by atoms with E-state index in [9.17, 15) is 0 Å². The van der Waals surface area contributed by atoms with Gasteiger partial charge in [0.2, 0.25) is 0 Å². The molecule has 0 saturated heterocycles. The molecular weight excluding hydrogens is 683 g/mol. The van der Waals surface area contributed by atoms with Crippen molar-refractivity contribution in [3.8, 4) is 46.0 Å². The molecule has 0 fully saturated rings. The minimum absolute atomic E-state index is 0.555. The standard InChI is InChI=1S/C46H33N7O2/c1-51(2)45-41(54-31-18-20-35-33-12-3-5-14-37(33)52(39(35)28-31)43-16-7-9-22-47-43)26-30(46-49-24-11-25-50-46)27-42(45)55-32-19-21-36-34-13-4-6-15-38(34)53(40(36)29-32)44-17-8-10-23-48-44/h3-29H,1-2H3. The van der Waals surface area contributed by atoms with E-state index in [1.54, 1.807) is 18.5 Å². The minimum atomic E-state index is 0.555. The molecule has 9 heteroatoms. The summed E-state index contributed by atoms with van der Waals surface area (Å²) < 4.78 is 18.1. The summed E-state index contributed by atoms with van der Waals surface area (Å²) in [5.41, 5.74) is 5.62. The molecule has 0 radical (unpaired) electrons. The molecule has 0 aliphatic carbocycles. The quantitative estimate of drug-likeness (QED) is 0.155. The van der Waals surface area contributed by atoms with Gasteiger partial charge in [-0.05, 0) is 78.9 Å². The first-order chi connectivity index (χ1) is 27.1. The van der Waals surface area contributed by atoms with Gasteiger partial charge in [-0.25, -0.2) is 19.9 Å². The van der Waals surface area contributed by atoms with E-state index in [4.69, 9.17) is 19.4 Å². The Balaban J connectivity index is 1.13. The number of hydrogen-bond donors (Lipinski definition) is 0. The van der Waals surface area contributed by atoms with Crippen molar-refractivity contribution in [3.63, 3.8) is 0 Å². The molecule has 0 unspecified atom stereocenters. The Hall–Kier alpha value is -7.52. The Morgan fingerprint density at radius 2 is 0.891 bits per heavy atom. The maximum atomic E-state index is 6.87. The van der Waals surface area contributed by atoms with E-state index in [-0.39, 0.29) is 0 Å². The van der Waals surface area contributed by atoms with Gasteiger partial charge in [0.25, 0.3) is 0 Å². The van der Waals surface area contributed by atoms with Crippen molar-refractivity contribution in [2.24, 2.45) is 0 Å². The van der Waals surface area contributed by atoms with Gasteiger partial charge >= 0.3 is 0 Å². The highest BCUT2D eigenvalue weighted by Crippen LogP contribution is 2.46. The molecule has 0 N–H and O–H groups in total. The van der Waals surface area contributed by atoms with Gasteiger partial charge in [0.05, 0.1) is 22.1 Å². The molecule has 0 amide bonds. The molecule has 55 heavy (non-hydrogen) atoms. The van der Waals surface area contributed by atoms with Crippen molar-refractivity contribution >= 4 is 49.3 Å². The predicted octanol–water partition coefficient (Wildman–Crippen LogP) is 10.8. The topological polar surface area (TPSA) is 83.1 Å². The van der Waals surface area contributed by atoms with E-state index in [2.05, 4.69) is 91.9 Å². The van der Waals surface area contributed by atoms with Crippen LogP contribution in [0.15, 0.2) is 164 Å². The summed E-state index contributed by atoms with van der Waals surface area (Å²) in [7, 11) is 3.97. The van der Waals surface area contributed by atoms with Gasteiger partial charge in [-0.2, -0.15) is 0 Å². The van der Waals surface area contributed by atoms with Crippen LogP contribution >= 0.6 is 0 Å². The predicted molar refractivity (Wildman–Crippen MR) is 219 cm³/mol.